The van der Waals surface area contributed by atoms with Gasteiger partial charge in [0.05, 0.1) is 12.7 Å². The van der Waals surface area contributed by atoms with Gasteiger partial charge in [-0.1, -0.05) is 27.7 Å². The molecule has 1 fully saturated rings. The molecule has 124 valence electrons. The maximum Gasteiger partial charge on any atom is 0.326 e. The standard InChI is InChI=1S/C17H33NO3/c1-6-20-16(19)17(10-13(2)3,11-14(4)5)18-12-15-8-7-9-21-15/h13-15,18H,6-12H2,1-5H3. The zero-order valence-corrected chi connectivity index (χ0v) is 14.4. The van der Waals surface area contributed by atoms with Crippen molar-refractivity contribution in [2.24, 2.45) is 11.8 Å². The van der Waals surface area contributed by atoms with E-state index in [1.54, 1.807) is 0 Å². The van der Waals surface area contributed by atoms with E-state index in [0.29, 0.717) is 18.4 Å². The number of hydrogen-bond acceptors (Lipinski definition) is 4. The van der Waals surface area contributed by atoms with E-state index in [2.05, 4.69) is 33.0 Å². The molecule has 1 N–H and O–H groups in total. The second-order valence-electron chi connectivity index (χ2n) is 7.01. The fraction of sp³-hybridized carbons (Fsp3) is 0.941. The molecule has 0 saturated carbocycles. The van der Waals surface area contributed by atoms with Crippen LogP contribution < -0.4 is 5.32 Å². The van der Waals surface area contributed by atoms with Gasteiger partial charge in [-0.25, -0.2) is 0 Å². The normalized spacial score (nSPS) is 19.5. The Labute approximate surface area is 130 Å². The van der Waals surface area contributed by atoms with Crippen LogP contribution in [0.1, 0.15) is 60.3 Å². The van der Waals surface area contributed by atoms with E-state index in [4.69, 9.17) is 9.47 Å². The Morgan fingerprint density at radius 1 is 1.29 bits per heavy atom. The number of ether oxygens (including phenoxy) is 2. The zero-order chi connectivity index (χ0) is 15.9. The summed E-state index contributed by atoms with van der Waals surface area (Å²) in [4.78, 5) is 12.6. The van der Waals surface area contributed by atoms with Crippen LogP contribution in [0.5, 0.6) is 0 Å². The Morgan fingerprint density at radius 2 is 1.90 bits per heavy atom. The van der Waals surface area contributed by atoms with Crippen molar-refractivity contribution in [3.63, 3.8) is 0 Å². The highest BCUT2D eigenvalue weighted by molar-refractivity contribution is 5.81. The minimum absolute atomic E-state index is 0.106. The lowest BCUT2D eigenvalue weighted by Gasteiger charge is -2.36. The molecule has 1 aliphatic rings. The Balaban J connectivity index is 2.82. The van der Waals surface area contributed by atoms with Crippen molar-refractivity contribution < 1.29 is 14.3 Å². The summed E-state index contributed by atoms with van der Waals surface area (Å²) in [6.45, 7) is 12.5. The van der Waals surface area contributed by atoms with E-state index in [-0.39, 0.29) is 12.1 Å². The smallest absolute Gasteiger partial charge is 0.326 e. The van der Waals surface area contributed by atoms with Gasteiger partial charge in [0.15, 0.2) is 0 Å². The summed E-state index contributed by atoms with van der Waals surface area (Å²) < 4.78 is 11.1. The summed E-state index contributed by atoms with van der Waals surface area (Å²) in [6.07, 6.45) is 4.04. The van der Waals surface area contributed by atoms with E-state index in [0.717, 1.165) is 38.8 Å². The molecule has 21 heavy (non-hydrogen) atoms. The molecule has 1 saturated heterocycles. The maximum absolute atomic E-state index is 12.6. The van der Waals surface area contributed by atoms with Crippen molar-refractivity contribution >= 4 is 5.97 Å². The van der Waals surface area contributed by atoms with Gasteiger partial charge in [-0.05, 0) is 44.4 Å². The van der Waals surface area contributed by atoms with E-state index in [1.807, 2.05) is 6.92 Å². The zero-order valence-electron chi connectivity index (χ0n) is 14.4. The largest absolute Gasteiger partial charge is 0.465 e. The van der Waals surface area contributed by atoms with Gasteiger partial charge in [-0.2, -0.15) is 0 Å². The summed E-state index contributed by atoms with van der Waals surface area (Å²) in [5, 5.41) is 3.52. The topological polar surface area (TPSA) is 47.6 Å². The van der Waals surface area contributed by atoms with Crippen molar-refractivity contribution in [1.29, 1.82) is 0 Å². The first-order chi connectivity index (χ1) is 9.89. The van der Waals surface area contributed by atoms with Gasteiger partial charge < -0.3 is 9.47 Å². The summed E-state index contributed by atoms with van der Waals surface area (Å²) in [5.41, 5.74) is -0.579. The summed E-state index contributed by atoms with van der Waals surface area (Å²) in [5.74, 6) is 0.765. The fourth-order valence-corrected chi connectivity index (χ4v) is 3.24. The lowest BCUT2D eigenvalue weighted by molar-refractivity contribution is -0.153. The molecule has 4 heteroatoms. The van der Waals surface area contributed by atoms with Crippen molar-refractivity contribution in [2.45, 2.75) is 71.9 Å². The lowest BCUT2D eigenvalue weighted by atomic mass is 9.81. The Bertz CT molecular complexity index is 299. The monoisotopic (exact) mass is 299 g/mol. The molecule has 0 aromatic rings. The molecule has 0 aliphatic carbocycles. The summed E-state index contributed by atoms with van der Waals surface area (Å²) >= 11 is 0. The Morgan fingerprint density at radius 3 is 2.33 bits per heavy atom. The highest BCUT2D eigenvalue weighted by Crippen LogP contribution is 2.27. The molecule has 1 heterocycles. The van der Waals surface area contributed by atoms with Gasteiger partial charge in [0.2, 0.25) is 0 Å². The Kier molecular flexibility index (Phi) is 7.67. The van der Waals surface area contributed by atoms with Crippen LogP contribution >= 0.6 is 0 Å². The molecule has 0 bridgehead atoms. The molecule has 1 atom stereocenters. The van der Waals surface area contributed by atoms with Gasteiger partial charge in [0, 0.05) is 13.2 Å². The van der Waals surface area contributed by atoms with Gasteiger partial charge in [-0.3, -0.25) is 10.1 Å². The molecule has 4 nitrogen and oxygen atoms in total. The van der Waals surface area contributed by atoms with Crippen LogP contribution in [0.25, 0.3) is 0 Å². The number of nitrogens with one attached hydrogen (secondary N) is 1. The van der Waals surface area contributed by atoms with Crippen molar-refractivity contribution in [2.75, 3.05) is 19.8 Å². The average Bonchev–Trinajstić information content (AvgIpc) is 2.88. The van der Waals surface area contributed by atoms with Crippen LogP contribution in [0.15, 0.2) is 0 Å². The average molecular weight is 299 g/mol. The quantitative estimate of drug-likeness (QED) is 0.664. The summed E-state index contributed by atoms with van der Waals surface area (Å²) in [6, 6.07) is 0. The van der Waals surface area contributed by atoms with Crippen molar-refractivity contribution in [1.82, 2.24) is 5.32 Å². The number of carbonyl (C=O) groups is 1. The van der Waals surface area contributed by atoms with Crippen LogP contribution in [-0.4, -0.2) is 37.4 Å². The molecular weight excluding hydrogens is 266 g/mol. The van der Waals surface area contributed by atoms with E-state index >= 15 is 0 Å². The molecule has 0 spiro atoms. The molecule has 0 amide bonds. The molecule has 0 radical (unpaired) electrons. The third-order valence-electron chi connectivity index (χ3n) is 3.87. The number of esters is 1. The number of carbonyl (C=O) groups excluding carboxylic acids is 1. The predicted octanol–water partition coefficient (Wildman–Crippen LogP) is 3.15. The van der Waals surface area contributed by atoms with Crippen LogP contribution in [0.3, 0.4) is 0 Å². The van der Waals surface area contributed by atoms with E-state index in [1.165, 1.54) is 0 Å². The van der Waals surface area contributed by atoms with Crippen LogP contribution in [-0.2, 0) is 14.3 Å². The van der Waals surface area contributed by atoms with Crippen LogP contribution in [0.2, 0.25) is 0 Å². The SMILES string of the molecule is CCOC(=O)C(CC(C)C)(CC(C)C)NCC1CCCO1. The van der Waals surface area contributed by atoms with E-state index in [9.17, 15) is 4.79 Å². The van der Waals surface area contributed by atoms with Crippen LogP contribution in [0, 0.1) is 11.8 Å². The molecule has 1 unspecified atom stereocenters. The van der Waals surface area contributed by atoms with Gasteiger partial charge in [0.25, 0.3) is 0 Å². The van der Waals surface area contributed by atoms with Gasteiger partial charge in [-0.15, -0.1) is 0 Å². The third kappa shape index (κ3) is 5.95. The second-order valence-corrected chi connectivity index (χ2v) is 7.01. The van der Waals surface area contributed by atoms with Gasteiger partial charge in [0.1, 0.15) is 5.54 Å². The fourth-order valence-electron chi connectivity index (χ4n) is 3.24. The molecular formula is C17H33NO3. The lowest BCUT2D eigenvalue weighted by Crippen LogP contribution is -2.56. The first kappa shape index (κ1) is 18.4. The minimum atomic E-state index is -0.579. The van der Waals surface area contributed by atoms with Gasteiger partial charge >= 0.3 is 5.97 Å². The second kappa shape index (κ2) is 8.74. The molecule has 1 rings (SSSR count). The van der Waals surface area contributed by atoms with Crippen molar-refractivity contribution in [3.8, 4) is 0 Å². The maximum atomic E-state index is 12.6. The molecule has 1 aliphatic heterocycles. The predicted molar refractivity (Wildman–Crippen MR) is 85.3 cm³/mol. The first-order valence-corrected chi connectivity index (χ1v) is 8.43. The molecule has 0 aromatic carbocycles. The highest BCUT2D eigenvalue weighted by atomic mass is 16.5. The first-order valence-electron chi connectivity index (χ1n) is 8.43. The summed E-state index contributed by atoms with van der Waals surface area (Å²) in [7, 11) is 0. The minimum Gasteiger partial charge on any atom is -0.465 e. The number of rotatable bonds is 9. The third-order valence-corrected chi connectivity index (χ3v) is 3.87. The molecule has 0 aromatic heterocycles. The van der Waals surface area contributed by atoms with E-state index < -0.39 is 5.54 Å². The Hall–Kier alpha value is -0.610. The highest BCUT2D eigenvalue weighted by Gasteiger charge is 2.41. The van der Waals surface area contributed by atoms with Crippen LogP contribution in [0.4, 0.5) is 0 Å². The number of hydrogen-bond donors (Lipinski definition) is 1. The van der Waals surface area contributed by atoms with Crippen molar-refractivity contribution in [3.05, 3.63) is 0 Å².